The predicted molar refractivity (Wildman–Crippen MR) is 64.9 cm³/mol. The number of hydrogen-bond donors (Lipinski definition) is 0. The maximum absolute atomic E-state index is 11.4. The van der Waals surface area contributed by atoms with Crippen LogP contribution in [0, 0.1) is 0 Å². The minimum absolute atomic E-state index is 0.0256. The highest BCUT2D eigenvalue weighted by Crippen LogP contribution is 2.35. The zero-order valence-electron chi connectivity index (χ0n) is 10.1. The van der Waals surface area contributed by atoms with E-state index in [2.05, 4.69) is 14.7 Å². The normalized spacial score (nSPS) is 12.3. The fraction of sp³-hybridized carbons (Fsp3) is 0.154. The Morgan fingerprint density at radius 2 is 2.11 bits per heavy atom. The number of benzene rings is 1. The Morgan fingerprint density at radius 3 is 2.95 bits per heavy atom. The molecule has 0 radical (unpaired) electrons. The smallest absolute Gasteiger partial charge is 0.376 e. The van der Waals surface area contributed by atoms with Gasteiger partial charge in [0.05, 0.1) is 12.8 Å². The van der Waals surface area contributed by atoms with Crippen molar-refractivity contribution in [2.75, 3.05) is 13.9 Å². The average molecular weight is 258 g/mol. The molecular weight excluding hydrogens is 248 g/mol. The quantitative estimate of drug-likeness (QED) is 0.763. The van der Waals surface area contributed by atoms with Crippen LogP contribution in [-0.2, 0) is 4.74 Å². The SMILES string of the molecule is COC(=O)c1nccc(-c2ccc3c(c2)OCO3)n1. The molecule has 1 aromatic heterocycles. The highest BCUT2D eigenvalue weighted by atomic mass is 16.7. The molecule has 1 aliphatic heterocycles. The van der Waals surface area contributed by atoms with Crippen LogP contribution in [0.5, 0.6) is 11.5 Å². The lowest BCUT2D eigenvalue weighted by Gasteiger charge is -2.04. The monoisotopic (exact) mass is 258 g/mol. The first-order valence-electron chi connectivity index (χ1n) is 5.59. The van der Waals surface area contributed by atoms with Crippen molar-refractivity contribution in [2.24, 2.45) is 0 Å². The Balaban J connectivity index is 2.00. The lowest BCUT2D eigenvalue weighted by Crippen LogP contribution is -2.07. The lowest BCUT2D eigenvalue weighted by molar-refractivity contribution is 0.0587. The van der Waals surface area contributed by atoms with Gasteiger partial charge in [0.25, 0.3) is 0 Å². The molecule has 3 rings (SSSR count). The molecule has 0 aliphatic carbocycles. The van der Waals surface area contributed by atoms with E-state index in [1.165, 1.54) is 13.3 Å². The van der Waals surface area contributed by atoms with Crippen molar-refractivity contribution in [2.45, 2.75) is 0 Å². The van der Waals surface area contributed by atoms with E-state index >= 15 is 0 Å². The molecule has 2 heterocycles. The van der Waals surface area contributed by atoms with Crippen molar-refractivity contribution in [3.63, 3.8) is 0 Å². The third kappa shape index (κ3) is 2.08. The maximum atomic E-state index is 11.4. The van der Waals surface area contributed by atoms with Gasteiger partial charge in [0.15, 0.2) is 11.5 Å². The van der Waals surface area contributed by atoms with Gasteiger partial charge in [-0.2, -0.15) is 0 Å². The number of methoxy groups -OCH3 is 1. The van der Waals surface area contributed by atoms with Crippen LogP contribution < -0.4 is 9.47 Å². The number of nitrogens with zero attached hydrogens (tertiary/aromatic N) is 2. The van der Waals surface area contributed by atoms with Gasteiger partial charge in [-0.15, -0.1) is 0 Å². The van der Waals surface area contributed by atoms with Gasteiger partial charge in [-0.1, -0.05) is 0 Å². The Hall–Kier alpha value is -2.63. The largest absolute Gasteiger partial charge is 0.463 e. The third-order valence-corrected chi connectivity index (χ3v) is 2.69. The number of rotatable bonds is 2. The van der Waals surface area contributed by atoms with Crippen molar-refractivity contribution >= 4 is 5.97 Å². The van der Waals surface area contributed by atoms with Gasteiger partial charge in [0, 0.05) is 11.8 Å². The Bertz CT molecular complexity index is 642. The highest BCUT2D eigenvalue weighted by molar-refractivity contribution is 5.85. The number of ether oxygens (including phenoxy) is 3. The lowest BCUT2D eigenvalue weighted by atomic mass is 10.1. The van der Waals surface area contributed by atoms with E-state index in [0.29, 0.717) is 17.2 Å². The summed E-state index contributed by atoms with van der Waals surface area (Å²) < 4.78 is 15.1. The zero-order chi connectivity index (χ0) is 13.2. The minimum atomic E-state index is -0.567. The van der Waals surface area contributed by atoms with Crippen LogP contribution in [-0.4, -0.2) is 29.8 Å². The first-order valence-corrected chi connectivity index (χ1v) is 5.59. The van der Waals surface area contributed by atoms with Crippen LogP contribution in [0.25, 0.3) is 11.3 Å². The van der Waals surface area contributed by atoms with Gasteiger partial charge in [-0.3, -0.25) is 0 Å². The molecule has 0 saturated carbocycles. The van der Waals surface area contributed by atoms with E-state index in [4.69, 9.17) is 9.47 Å². The molecule has 0 amide bonds. The molecule has 0 bridgehead atoms. The first kappa shape index (κ1) is 11.5. The van der Waals surface area contributed by atoms with E-state index in [9.17, 15) is 4.79 Å². The fourth-order valence-corrected chi connectivity index (χ4v) is 1.76. The van der Waals surface area contributed by atoms with E-state index < -0.39 is 5.97 Å². The molecule has 2 aromatic rings. The summed E-state index contributed by atoms with van der Waals surface area (Å²) in [5.74, 6) is 0.821. The number of esters is 1. The van der Waals surface area contributed by atoms with E-state index in [0.717, 1.165) is 5.56 Å². The average Bonchev–Trinajstić information content (AvgIpc) is 2.94. The number of hydrogen-bond acceptors (Lipinski definition) is 6. The predicted octanol–water partition coefficient (Wildman–Crippen LogP) is 1.66. The first-order chi connectivity index (χ1) is 9.28. The van der Waals surface area contributed by atoms with Crippen molar-refractivity contribution in [3.8, 4) is 22.8 Å². The molecule has 0 saturated heterocycles. The second-order valence-corrected chi connectivity index (χ2v) is 3.83. The summed E-state index contributed by atoms with van der Waals surface area (Å²) >= 11 is 0. The van der Waals surface area contributed by atoms with Crippen LogP contribution in [0.2, 0.25) is 0 Å². The van der Waals surface area contributed by atoms with Gasteiger partial charge in [0.2, 0.25) is 12.6 Å². The molecule has 1 aromatic carbocycles. The molecular formula is C13H10N2O4. The number of fused-ring (bicyclic) bond motifs is 1. The van der Waals surface area contributed by atoms with E-state index in [-0.39, 0.29) is 12.6 Å². The van der Waals surface area contributed by atoms with Crippen molar-refractivity contribution in [3.05, 3.63) is 36.3 Å². The third-order valence-electron chi connectivity index (χ3n) is 2.69. The second kappa shape index (κ2) is 4.56. The van der Waals surface area contributed by atoms with Crippen LogP contribution in [0.4, 0.5) is 0 Å². The summed E-state index contributed by atoms with van der Waals surface area (Å²) in [4.78, 5) is 19.4. The van der Waals surface area contributed by atoms with Gasteiger partial charge in [-0.05, 0) is 24.3 Å². The summed E-state index contributed by atoms with van der Waals surface area (Å²) in [6.45, 7) is 0.218. The van der Waals surface area contributed by atoms with Crippen LogP contribution in [0.1, 0.15) is 10.6 Å². The van der Waals surface area contributed by atoms with Gasteiger partial charge in [0.1, 0.15) is 0 Å². The second-order valence-electron chi connectivity index (χ2n) is 3.83. The molecule has 0 N–H and O–H groups in total. The summed E-state index contributed by atoms with van der Waals surface area (Å²) in [6.07, 6.45) is 1.51. The summed E-state index contributed by atoms with van der Waals surface area (Å²) in [5, 5.41) is 0. The van der Waals surface area contributed by atoms with E-state index in [1.54, 1.807) is 12.1 Å². The minimum Gasteiger partial charge on any atom is -0.463 e. The summed E-state index contributed by atoms with van der Waals surface area (Å²) in [7, 11) is 1.29. The number of carbonyl (C=O) groups is 1. The summed E-state index contributed by atoms with van der Waals surface area (Å²) in [6, 6.07) is 7.17. The Morgan fingerprint density at radius 1 is 1.26 bits per heavy atom. The molecule has 96 valence electrons. The van der Waals surface area contributed by atoms with E-state index in [1.807, 2.05) is 12.1 Å². The van der Waals surface area contributed by atoms with Crippen molar-refractivity contribution in [1.82, 2.24) is 9.97 Å². The summed E-state index contributed by atoms with van der Waals surface area (Å²) in [5.41, 5.74) is 1.44. The molecule has 1 aliphatic rings. The van der Waals surface area contributed by atoms with Gasteiger partial charge in [-0.25, -0.2) is 14.8 Å². The Kier molecular flexibility index (Phi) is 2.75. The standard InChI is InChI=1S/C13H10N2O4/c1-17-13(16)12-14-5-4-9(15-12)8-2-3-10-11(6-8)19-7-18-10/h2-6H,7H2,1H3. The molecule has 19 heavy (non-hydrogen) atoms. The van der Waals surface area contributed by atoms with Gasteiger partial charge < -0.3 is 14.2 Å². The zero-order valence-corrected chi connectivity index (χ0v) is 10.1. The topological polar surface area (TPSA) is 70.5 Å². The maximum Gasteiger partial charge on any atom is 0.376 e. The van der Waals surface area contributed by atoms with Crippen molar-refractivity contribution in [1.29, 1.82) is 0 Å². The van der Waals surface area contributed by atoms with Crippen LogP contribution in [0.3, 0.4) is 0 Å². The molecule has 0 unspecified atom stereocenters. The molecule has 0 fully saturated rings. The fourth-order valence-electron chi connectivity index (χ4n) is 1.76. The number of aromatic nitrogens is 2. The van der Waals surface area contributed by atoms with Gasteiger partial charge >= 0.3 is 5.97 Å². The Labute approximate surface area is 109 Å². The molecule has 6 nitrogen and oxygen atoms in total. The molecule has 0 atom stereocenters. The molecule has 0 spiro atoms. The number of carbonyl (C=O) groups excluding carboxylic acids is 1. The van der Waals surface area contributed by atoms with Crippen LogP contribution >= 0.6 is 0 Å². The van der Waals surface area contributed by atoms with Crippen LogP contribution in [0.15, 0.2) is 30.5 Å². The molecule has 6 heteroatoms. The highest BCUT2D eigenvalue weighted by Gasteiger charge is 2.15. The van der Waals surface area contributed by atoms with Crippen molar-refractivity contribution < 1.29 is 19.0 Å².